The summed E-state index contributed by atoms with van der Waals surface area (Å²) < 4.78 is 5.47. The van der Waals surface area contributed by atoms with Gasteiger partial charge >= 0.3 is 0 Å². The van der Waals surface area contributed by atoms with Gasteiger partial charge in [-0.1, -0.05) is 60.7 Å². The fourth-order valence-corrected chi connectivity index (χ4v) is 2.19. The smallest absolute Gasteiger partial charge is 0.145 e. The number of methoxy groups -OCH3 is 1. The molecule has 0 saturated carbocycles. The van der Waals surface area contributed by atoms with Gasteiger partial charge in [-0.15, -0.1) is 0 Å². The normalized spacial score (nSPS) is 10.4. The van der Waals surface area contributed by atoms with Gasteiger partial charge in [-0.05, 0) is 5.56 Å². The van der Waals surface area contributed by atoms with E-state index in [-0.39, 0.29) is 0 Å². The largest absolute Gasteiger partial charge is 0.494 e. The standard InChI is InChI=1S/C17H15NO/c1-19-16-12-15(13-8-4-2-5-9-13)18-17(16)14-10-6-3-7-11-14/h2-12,18H,1H3. The highest BCUT2D eigenvalue weighted by atomic mass is 16.5. The van der Waals surface area contributed by atoms with Crippen LogP contribution in [0.1, 0.15) is 0 Å². The molecule has 19 heavy (non-hydrogen) atoms. The summed E-state index contributed by atoms with van der Waals surface area (Å²) in [4.78, 5) is 3.44. The highest BCUT2D eigenvalue weighted by Crippen LogP contribution is 2.33. The van der Waals surface area contributed by atoms with Crippen LogP contribution in [0.2, 0.25) is 0 Å². The molecular weight excluding hydrogens is 234 g/mol. The van der Waals surface area contributed by atoms with Gasteiger partial charge in [0, 0.05) is 17.3 Å². The van der Waals surface area contributed by atoms with E-state index >= 15 is 0 Å². The summed E-state index contributed by atoms with van der Waals surface area (Å²) in [7, 11) is 1.70. The Bertz CT molecular complexity index is 656. The zero-order valence-corrected chi connectivity index (χ0v) is 10.8. The zero-order chi connectivity index (χ0) is 13.1. The number of nitrogens with one attached hydrogen (secondary N) is 1. The van der Waals surface area contributed by atoms with E-state index < -0.39 is 0 Å². The average molecular weight is 249 g/mol. The summed E-state index contributed by atoms with van der Waals surface area (Å²) in [5, 5.41) is 0. The number of aromatic amines is 1. The van der Waals surface area contributed by atoms with E-state index in [4.69, 9.17) is 4.74 Å². The third-order valence-electron chi connectivity index (χ3n) is 3.15. The Morgan fingerprint density at radius 2 is 1.37 bits per heavy atom. The number of ether oxygens (including phenoxy) is 1. The van der Waals surface area contributed by atoms with Gasteiger partial charge in [-0.2, -0.15) is 0 Å². The highest BCUT2D eigenvalue weighted by molar-refractivity contribution is 5.74. The minimum atomic E-state index is 0.866. The number of hydrogen-bond acceptors (Lipinski definition) is 1. The molecule has 0 amide bonds. The van der Waals surface area contributed by atoms with Crippen molar-refractivity contribution in [1.82, 2.24) is 4.98 Å². The van der Waals surface area contributed by atoms with Crippen LogP contribution in [0.3, 0.4) is 0 Å². The van der Waals surface area contributed by atoms with Crippen LogP contribution in [-0.2, 0) is 0 Å². The topological polar surface area (TPSA) is 25.0 Å². The van der Waals surface area contributed by atoms with Gasteiger partial charge in [0.05, 0.1) is 12.8 Å². The molecule has 0 unspecified atom stereocenters. The predicted octanol–water partition coefficient (Wildman–Crippen LogP) is 4.36. The molecule has 2 nitrogen and oxygen atoms in total. The fourth-order valence-electron chi connectivity index (χ4n) is 2.19. The van der Waals surface area contributed by atoms with E-state index in [1.807, 2.05) is 42.5 Å². The zero-order valence-electron chi connectivity index (χ0n) is 10.8. The minimum absolute atomic E-state index is 0.866. The molecular formula is C17H15NO. The first-order chi connectivity index (χ1) is 9.38. The molecule has 0 spiro atoms. The first-order valence-corrected chi connectivity index (χ1v) is 6.26. The van der Waals surface area contributed by atoms with Crippen molar-refractivity contribution in [1.29, 1.82) is 0 Å². The van der Waals surface area contributed by atoms with Crippen LogP contribution in [0.25, 0.3) is 22.5 Å². The van der Waals surface area contributed by atoms with Crippen molar-refractivity contribution >= 4 is 0 Å². The van der Waals surface area contributed by atoms with E-state index in [0.29, 0.717) is 0 Å². The predicted molar refractivity (Wildman–Crippen MR) is 78.2 cm³/mol. The lowest BCUT2D eigenvalue weighted by Crippen LogP contribution is -1.84. The van der Waals surface area contributed by atoms with Crippen LogP contribution in [0, 0.1) is 0 Å². The molecule has 0 fully saturated rings. The molecule has 0 atom stereocenters. The molecule has 2 heteroatoms. The molecule has 0 radical (unpaired) electrons. The van der Waals surface area contributed by atoms with Gasteiger partial charge in [0.25, 0.3) is 0 Å². The Morgan fingerprint density at radius 3 is 1.95 bits per heavy atom. The lowest BCUT2D eigenvalue weighted by Gasteiger charge is -2.02. The van der Waals surface area contributed by atoms with Crippen molar-refractivity contribution in [3.63, 3.8) is 0 Å². The SMILES string of the molecule is COc1cc(-c2ccccc2)[nH]c1-c1ccccc1. The molecule has 3 rings (SSSR count). The molecule has 1 aromatic heterocycles. The lowest BCUT2D eigenvalue weighted by molar-refractivity contribution is 0.417. The van der Waals surface area contributed by atoms with Crippen LogP contribution < -0.4 is 4.74 Å². The summed E-state index contributed by atoms with van der Waals surface area (Å²) in [5.74, 6) is 0.866. The Hall–Kier alpha value is -2.48. The van der Waals surface area contributed by atoms with Gasteiger partial charge in [-0.25, -0.2) is 0 Å². The molecule has 3 aromatic rings. The van der Waals surface area contributed by atoms with Crippen LogP contribution in [0.4, 0.5) is 0 Å². The first kappa shape index (κ1) is 11.6. The second kappa shape index (κ2) is 5.02. The Labute approximate surface area is 112 Å². The maximum atomic E-state index is 5.47. The van der Waals surface area contributed by atoms with Crippen molar-refractivity contribution in [2.45, 2.75) is 0 Å². The van der Waals surface area contributed by atoms with E-state index in [1.165, 1.54) is 0 Å². The monoisotopic (exact) mass is 249 g/mol. The molecule has 0 aliphatic carbocycles. The average Bonchev–Trinajstić information content (AvgIpc) is 2.93. The molecule has 2 aromatic carbocycles. The summed E-state index contributed by atoms with van der Waals surface area (Å²) in [6.07, 6.45) is 0. The quantitative estimate of drug-likeness (QED) is 0.733. The van der Waals surface area contributed by atoms with Crippen molar-refractivity contribution in [3.05, 3.63) is 66.7 Å². The third kappa shape index (κ3) is 2.25. The molecule has 1 N–H and O–H groups in total. The van der Waals surface area contributed by atoms with E-state index in [9.17, 15) is 0 Å². The Balaban J connectivity index is 2.09. The van der Waals surface area contributed by atoms with Crippen LogP contribution in [0.5, 0.6) is 5.75 Å². The number of rotatable bonds is 3. The summed E-state index contributed by atoms with van der Waals surface area (Å²) in [6.45, 7) is 0. The molecule has 0 aliphatic heterocycles. The van der Waals surface area contributed by atoms with Crippen molar-refractivity contribution in [3.8, 4) is 28.3 Å². The van der Waals surface area contributed by atoms with Crippen LogP contribution in [-0.4, -0.2) is 12.1 Å². The molecule has 94 valence electrons. The van der Waals surface area contributed by atoms with Gasteiger partial charge in [-0.3, -0.25) is 0 Å². The van der Waals surface area contributed by atoms with Gasteiger partial charge in [0.2, 0.25) is 0 Å². The molecule has 0 saturated heterocycles. The molecule has 0 bridgehead atoms. The maximum Gasteiger partial charge on any atom is 0.145 e. The first-order valence-electron chi connectivity index (χ1n) is 6.26. The maximum absolute atomic E-state index is 5.47. The van der Waals surface area contributed by atoms with Gasteiger partial charge in [0.15, 0.2) is 0 Å². The van der Waals surface area contributed by atoms with E-state index in [0.717, 1.165) is 28.3 Å². The Morgan fingerprint density at radius 1 is 0.789 bits per heavy atom. The Kier molecular flexibility index (Phi) is 3.07. The van der Waals surface area contributed by atoms with Crippen molar-refractivity contribution in [2.75, 3.05) is 7.11 Å². The number of hydrogen-bond donors (Lipinski definition) is 1. The summed E-state index contributed by atoms with van der Waals surface area (Å²) >= 11 is 0. The van der Waals surface area contributed by atoms with Gasteiger partial charge in [0.1, 0.15) is 5.75 Å². The number of benzene rings is 2. The van der Waals surface area contributed by atoms with Crippen LogP contribution >= 0.6 is 0 Å². The van der Waals surface area contributed by atoms with Crippen molar-refractivity contribution in [2.24, 2.45) is 0 Å². The number of aromatic nitrogens is 1. The third-order valence-corrected chi connectivity index (χ3v) is 3.15. The summed E-state index contributed by atoms with van der Waals surface area (Å²) in [6, 6.07) is 22.5. The highest BCUT2D eigenvalue weighted by Gasteiger charge is 2.11. The minimum Gasteiger partial charge on any atom is -0.494 e. The fraction of sp³-hybridized carbons (Fsp3) is 0.0588. The second-order valence-corrected chi connectivity index (χ2v) is 4.36. The molecule has 0 aliphatic rings. The van der Waals surface area contributed by atoms with E-state index in [2.05, 4.69) is 29.2 Å². The van der Waals surface area contributed by atoms with Gasteiger partial charge < -0.3 is 9.72 Å². The summed E-state index contributed by atoms with van der Waals surface area (Å²) in [5.41, 5.74) is 4.36. The van der Waals surface area contributed by atoms with E-state index in [1.54, 1.807) is 7.11 Å². The second-order valence-electron chi connectivity index (χ2n) is 4.36. The van der Waals surface area contributed by atoms with Crippen molar-refractivity contribution < 1.29 is 4.74 Å². The van der Waals surface area contributed by atoms with Crippen LogP contribution in [0.15, 0.2) is 66.7 Å². The lowest BCUT2D eigenvalue weighted by atomic mass is 10.1. The molecule has 1 heterocycles. The number of H-pyrrole nitrogens is 1.